The fraction of sp³-hybridized carbons (Fsp3) is 0.0714. The number of nitriles is 1. The maximum atomic E-state index is 13.5. The van der Waals surface area contributed by atoms with Crippen molar-refractivity contribution < 1.29 is 13.2 Å². The van der Waals surface area contributed by atoms with Gasteiger partial charge in [0.25, 0.3) is 0 Å². The molecule has 2 rings (SSSR count). The molecule has 0 aliphatic heterocycles. The smallest absolute Gasteiger partial charge is 0.147 e. The van der Waals surface area contributed by atoms with Crippen LogP contribution in [-0.2, 0) is 6.54 Å². The first-order chi connectivity index (χ1) is 9.10. The molecule has 0 aliphatic rings. The Hall–Kier alpha value is -2.48. The van der Waals surface area contributed by atoms with Gasteiger partial charge in [-0.1, -0.05) is 6.07 Å². The molecular weight excluding hydrogens is 253 g/mol. The minimum Gasteiger partial charge on any atom is -0.378 e. The fourth-order valence-electron chi connectivity index (χ4n) is 1.58. The molecule has 96 valence electrons. The molecule has 1 N–H and O–H groups in total. The third kappa shape index (κ3) is 3.05. The van der Waals surface area contributed by atoms with Crippen LogP contribution in [0.4, 0.5) is 18.9 Å². The van der Waals surface area contributed by atoms with Crippen molar-refractivity contribution in [1.29, 1.82) is 5.26 Å². The SMILES string of the molecule is N#Cc1ccc(NCc2ccc(F)cc2F)c(F)c1. The largest absolute Gasteiger partial charge is 0.378 e. The maximum absolute atomic E-state index is 13.5. The summed E-state index contributed by atoms with van der Waals surface area (Å²) in [5, 5.41) is 11.3. The Bertz CT molecular complexity index is 648. The van der Waals surface area contributed by atoms with Crippen LogP contribution in [-0.4, -0.2) is 0 Å². The lowest BCUT2D eigenvalue weighted by Gasteiger charge is -2.08. The predicted octanol–water partition coefficient (Wildman–Crippen LogP) is 3.59. The number of hydrogen-bond acceptors (Lipinski definition) is 2. The second-order valence-electron chi connectivity index (χ2n) is 3.90. The molecule has 5 heteroatoms. The van der Waals surface area contributed by atoms with Crippen molar-refractivity contribution in [3.63, 3.8) is 0 Å². The van der Waals surface area contributed by atoms with E-state index >= 15 is 0 Å². The number of anilines is 1. The van der Waals surface area contributed by atoms with Gasteiger partial charge in [0, 0.05) is 18.2 Å². The molecular formula is C14H9F3N2. The van der Waals surface area contributed by atoms with Crippen LogP contribution in [0.3, 0.4) is 0 Å². The van der Waals surface area contributed by atoms with E-state index in [2.05, 4.69) is 5.32 Å². The highest BCUT2D eigenvalue weighted by Crippen LogP contribution is 2.17. The zero-order valence-electron chi connectivity index (χ0n) is 9.75. The number of nitrogens with one attached hydrogen (secondary N) is 1. The molecule has 0 bridgehead atoms. The molecule has 0 saturated heterocycles. The second kappa shape index (κ2) is 5.44. The van der Waals surface area contributed by atoms with Gasteiger partial charge in [-0.25, -0.2) is 13.2 Å². The van der Waals surface area contributed by atoms with E-state index in [4.69, 9.17) is 5.26 Å². The Morgan fingerprint density at radius 3 is 2.42 bits per heavy atom. The minimum atomic E-state index is -0.693. The topological polar surface area (TPSA) is 35.8 Å². The molecule has 0 spiro atoms. The van der Waals surface area contributed by atoms with E-state index in [0.717, 1.165) is 18.2 Å². The van der Waals surface area contributed by atoms with Gasteiger partial charge in [-0.3, -0.25) is 0 Å². The third-order valence-corrected chi connectivity index (χ3v) is 2.58. The van der Waals surface area contributed by atoms with E-state index in [9.17, 15) is 13.2 Å². The highest BCUT2D eigenvalue weighted by molar-refractivity contribution is 5.49. The van der Waals surface area contributed by atoms with Crippen LogP contribution >= 0.6 is 0 Å². The number of hydrogen-bond donors (Lipinski definition) is 1. The Labute approximate surface area is 108 Å². The summed E-state index contributed by atoms with van der Waals surface area (Å²) in [6, 6.07) is 8.95. The van der Waals surface area contributed by atoms with E-state index < -0.39 is 17.5 Å². The molecule has 2 nitrogen and oxygen atoms in total. The molecule has 0 atom stereocenters. The van der Waals surface area contributed by atoms with E-state index in [-0.39, 0.29) is 23.4 Å². The first kappa shape index (κ1) is 13.0. The summed E-state index contributed by atoms with van der Waals surface area (Å²) in [5.41, 5.74) is 0.587. The number of rotatable bonds is 3. The molecule has 0 unspecified atom stereocenters. The quantitative estimate of drug-likeness (QED) is 0.917. The van der Waals surface area contributed by atoms with Crippen LogP contribution in [0, 0.1) is 28.8 Å². The summed E-state index contributed by atoms with van der Waals surface area (Å²) < 4.78 is 39.6. The van der Waals surface area contributed by atoms with Crippen LogP contribution in [0.2, 0.25) is 0 Å². The van der Waals surface area contributed by atoms with E-state index in [1.165, 1.54) is 18.2 Å². The van der Waals surface area contributed by atoms with Crippen molar-refractivity contribution in [2.24, 2.45) is 0 Å². The molecule has 2 aromatic carbocycles. The number of nitrogens with zero attached hydrogens (tertiary/aromatic N) is 1. The molecule has 2 aromatic rings. The first-order valence-electron chi connectivity index (χ1n) is 5.47. The highest BCUT2D eigenvalue weighted by Gasteiger charge is 2.06. The highest BCUT2D eigenvalue weighted by atomic mass is 19.1. The summed E-state index contributed by atoms with van der Waals surface area (Å²) in [6.07, 6.45) is 0. The molecule has 0 aliphatic carbocycles. The molecule has 0 radical (unpaired) electrons. The molecule has 0 saturated carbocycles. The van der Waals surface area contributed by atoms with Crippen molar-refractivity contribution in [3.8, 4) is 6.07 Å². The van der Waals surface area contributed by atoms with Gasteiger partial charge in [-0.2, -0.15) is 5.26 Å². The minimum absolute atomic E-state index is 0.0228. The summed E-state index contributed by atoms with van der Waals surface area (Å²) in [5.74, 6) is -1.95. The van der Waals surface area contributed by atoms with E-state index in [1.54, 1.807) is 0 Å². The van der Waals surface area contributed by atoms with E-state index in [1.807, 2.05) is 6.07 Å². The lowest BCUT2D eigenvalue weighted by Crippen LogP contribution is -2.04. The molecule has 0 amide bonds. The van der Waals surface area contributed by atoms with Gasteiger partial charge in [0.2, 0.25) is 0 Å². The molecule has 0 aromatic heterocycles. The normalized spacial score (nSPS) is 10.0. The Morgan fingerprint density at radius 2 is 1.79 bits per heavy atom. The standard InChI is InChI=1S/C14H9F3N2/c15-11-3-2-10(12(16)6-11)8-19-14-4-1-9(7-18)5-13(14)17/h1-6,19H,8H2. The lowest BCUT2D eigenvalue weighted by atomic mass is 10.2. The molecule has 19 heavy (non-hydrogen) atoms. The summed E-state index contributed by atoms with van der Waals surface area (Å²) in [6.45, 7) is 0.0228. The van der Waals surface area contributed by atoms with Gasteiger partial charge < -0.3 is 5.32 Å². The molecule has 0 heterocycles. The Kier molecular flexibility index (Phi) is 3.71. The monoisotopic (exact) mass is 262 g/mol. The van der Waals surface area contributed by atoms with Crippen LogP contribution in [0.15, 0.2) is 36.4 Å². The number of benzene rings is 2. The third-order valence-electron chi connectivity index (χ3n) is 2.58. The molecule has 0 fully saturated rings. The average Bonchev–Trinajstić information content (AvgIpc) is 2.39. The maximum Gasteiger partial charge on any atom is 0.147 e. The van der Waals surface area contributed by atoms with Gasteiger partial charge in [-0.15, -0.1) is 0 Å². The van der Waals surface area contributed by atoms with Gasteiger partial charge >= 0.3 is 0 Å². The average molecular weight is 262 g/mol. The van der Waals surface area contributed by atoms with Gasteiger partial charge in [0.1, 0.15) is 17.5 Å². The van der Waals surface area contributed by atoms with Gasteiger partial charge in [0.15, 0.2) is 0 Å². The second-order valence-corrected chi connectivity index (χ2v) is 3.90. The lowest BCUT2D eigenvalue weighted by molar-refractivity contribution is 0.573. The summed E-state index contributed by atoms with van der Waals surface area (Å²) in [7, 11) is 0. The predicted molar refractivity (Wildman–Crippen MR) is 64.8 cm³/mol. The van der Waals surface area contributed by atoms with Gasteiger partial charge in [-0.05, 0) is 24.3 Å². The first-order valence-corrected chi connectivity index (χ1v) is 5.47. The van der Waals surface area contributed by atoms with Crippen molar-refractivity contribution in [1.82, 2.24) is 0 Å². The van der Waals surface area contributed by atoms with Crippen LogP contribution in [0.5, 0.6) is 0 Å². The van der Waals surface area contributed by atoms with Crippen molar-refractivity contribution in [3.05, 3.63) is 65.0 Å². The van der Waals surface area contributed by atoms with Crippen LogP contribution in [0.1, 0.15) is 11.1 Å². The van der Waals surface area contributed by atoms with Gasteiger partial charge in [0.05, 0.1) is 17.3 Å². The zero-order chi connectivity index (χ0) is 13.8. The zero-order valence-corrected chi connectivity index (χ0v) is 9.75. The van der Waals surface area contributed by atoms with Crippen molar-refractivity contribution >= 4 is 5.69 Å². The van der Waals surface area contributed by atoms with Crippen LogP contribution < -0.4 is 5.32 Å². The number of halogens is 3. The summed E-state index contributed by atoms with van der Waals surface area (Å²) in [4.78, 5) is 0. The van der Waals surface area contributed by atoms with Crippen molar-refractivity contribution in [2.75, 3.05) is 5.32 Å². The van der Waals surface area contributed by atoms with Crippen molar-refractivity contribution in [2.45, 2.75) is 6.54 Å². The van der Waals surface area contributed by atoms with Crippen LogP contribution in [0.25, 0.3) is 0 Å². The Balaban J connectivity index is 2.13. The summed E-state index contributed by atoms with van der Waals surface area (Å²) >= 11 is 0. The Morgan fingerprint density at radius 1 is 1.00 bits per heavy atom. The fourth-order valence-corrected chi connectivity index (χ4v) is 1.58. The van der Waals surface area contributed by atoms with E-state index in [0.29, 0.717) is 0 Å².